The predicted molar refractivity (Wildman–Crippen MR) is 132 cm³/mol. The fourth-order valence-electron chi connectivity index (χ4n) is 3.62. The largest absolute Gasteiger partial charge is 0.493 e. The van der Waals surface area contributed by atoms with Crippen LogP contribution in [-0.2, 0) is 28.0 Å². The van der Waals surface area contributed by atoms with Crippen molar-refractivity contribution in [1.82, 2.24) is 4.57 Å². The van der Waals surface area contributed by atoms with Crippen LogP contribution in [0.3, 0.4) is 0 Å². The average Bonchev–Trinajstić information content (AvgIpc) is 3.11. The van der Waals surface area contributed by atoms with Gasteiger partial charge in [0.1, 0.15) is 6.54 Å². The summed E-state index contributed by atoms with van der Waals surface area (Å²) >= 11 is 6.11. The first-order valence-corrected chi connectivity index (χ1v) is 12.4. The molecule has 0 fully saturated rings. The molecule has 8 nitrogen and oxygen atoms in total. The Hall–Kier alpha value is -3.90. The molecule has 0 radical (unpaired) electrons. The molecular weight excluding hydrogens is 533 g/mol. The number of aromatic nitrogens is 1. The van der Waals surface area contributed by atoms with E-state index < -0.39 is 39.9 Å². The second-order valence-electron chi connectivity index (χ2n) is 7.83. The summed E-state index contributed by atoms with van der Waals surface area (Å²) in [7, 11) is -2.98. The Balaban J connectivity index is 1.76. The Bertz CT molecular complexity index is 1620. The number of benzene rings is 3. The third-order valence-electron chi connectivity index (χ3n) is 5.46. The smallest absolute Gasteiger partial charge is 0.416 e. The van der Waals surface area contributed by atoms with E-state index in [0.717, 1.165) is 6.07 Å². The quantitative estimate of drug-likeness (QED) is 0.294. The highest BCUT2D eigenvalue weighted by molar-refractivity contribution is 7.92. The number of rotatable bonds is 6. The van der Waals surface area contributed by atoms with E-state index in [0.29, 0.717) is 27.3 Å². The van der Waals surface area contributed by atoms with Crippen LogP contribution in [0, 0.1) is 0 Å². The average molecular weight is 551 g/mol. The van der Waals surface area contributed by atoms with E-state index in [9.17, 15) is 31.5 Å². The van der Waals surface area contributed by atoms with E-state index in [2.05, 4.69) is 10.2 Å². The molecule has 0 saturated carbocycles. The minimum Gasteiger partial charge on any atom is -0.493 e. The molecule has 192 valence electrons. The summed E-state index contributed by atoms with van der Waals surface area (Å²) in [5.41, 5.74) is -1.14. The van der Waals surface area contributed by atoms with Gasteiger partial charge in [0, 0.05) is 12.4 Å². The Morgan fingerprint density at radius 3 is 2.38 bits per heavy atom. The molecule has 4 rings (SSSR count). The molecule has 1 N–H and O–H groups in total. The molecule has 1 amide bonds. The van der Waals surface area contributed by atoms with Gasteiger partial charge in [-0.05, 0) is 36.4 Å². The van der Waals surface area contributed by atoms with Gasteiger partial charge in [0.25, 0.3) is 15.9 Å². The number of carbonyl (C=O) groups is 1. The first-order chi connectivity index (χ1) is 17.4. The summed E-state index contributed by atoms with van der Waals surface area (Å²) in [4.78, 5) is 12.5. The predicted octanol–water partition coefficient (Wildman–Crippen LogP) is 6.06. The number of halogens is 4. The fourth-order valence-corrected chi connectivity index (χ4v) is 5.33. The molecule has 0 atom stereocenters. The number of aryl methyl sites for hydroxylation is 1. The second kappa shape index (κ2) is 9.87. The lowest BCUT2D eigenvalue weighted by Gasteiger charge is -2.24. The number of anilines is 1. The summed E-state index contributed by atoms with van der Waals surface area (Å²) in [5.74, 6) is -1.40. The van der Waals surface area contributed by atoms with Crippen molar-refractivity contribution in [3.8, 4) is 5.88 Å². The van der Waals surface area contributed by atoms with Gasteiger partial charge in [-0.2, -0.15) is 13.2 Å². The van der Waals surface area contributed by atoms with Crippen LogP contribution < -0.4 is 4.31 Å². The first kappa shape index (κ1) is 26.2. The molecule has 1 aromatic heterocycles. The highest BCUT2D eigenvalue weighted by atomic mass is 35.5. The third-order valence-corrected chi connectivity index (χ3v) is 7.56. The van der Waals surface area contributed by atoms with Crippen molar-refractivity contribution in [3.63, 3.8) is 0 Å². The molecule has 0 saturated heterocycles. The number of azo groups is 1. The van der Waals surface area contributed by atoms with E-state index in [1.54, 1.807) is 37.4 Å². The van der Waals surface area contributed by atoms with Crippen LogP contribution in [0.1, 0.15) is 5.56 Å². The van der Waals surface area contributed by atoms with Gasteiger partial charge in [-0.1, -0.05) is 48.0 Å². The number of fused-ring (bicyclic) bond motifs is 1. The zero-order chi connectivity index (χ0) is 27.0. The number of aromatic hydroxyl groups is 1. The maximum absolute atomic E-state index is 13.4. The number of hydrogen-bond acceptors (Lipinski definition) is 5. The number of carbonyl (C=O) groups excluding carboxylic acids is 1. The minimum atomic E-state index is -4.79. The van der Waals surface area contributed by atoms with Crippen LogP contribution in [0.5, 0.6) is 5.88 Å². The standard InChI is InChI=1S/C24H18ClF3N4O4S/c1-31-19-10-6-5-9-17(19)22(23(31)34)30-29-21(33)14-32(37(35,36)16-7-3-2-4-8-16)20-13-15(24(26,27)28)11-12-18(20)25/h2-13,34H,14H2,1H3. The monoisotopic (exact) mass is 550 g/mol. The Morgan fingerprint density at radius 1 is 1.05 bits per heavy atom. The van der Waals surface area contributed by atoms with Crippen molar-refractivity contribution < 1.29 is 31.5 Å². The Morgan fingerprint density at radius 2 is 1.70 bits per heavy atom. The number of para-hydroxylation sites is 1. The van der Waals surface area contributed by atoms with Gasteiger partial charge in [0.15, 0.2) is 5.69 Å². The summed E-state index contributed by atoms with van der Waals surface area (Å²) in [5, 5.41) is 17.9. The van der Waals surface area contributed by atoms with Crippen molar-refractivity contribution >= 4 is 49.8 Å². The highest BCUT2D eigenvalue weighted by Gasteiger charge is 2.34. The second-order valence-corrected chi connectivity index (χ2v) is 10.1. The lowest BCUT2D eigenvalue weighted by atomic mass is 10.2. The molecule has 0 bridgehead atoms. The maximum atomic E-state index is 13.4. The van der Waals surface area contributed by atoms with Crippen molar-refractivity contribution in [2.75, 3.05) is 10.8 Å². The van der Waals surface area contributed by atoms with Crippen LogP contribution in [0.2, 0.25) is 5.02 Å². The van der Waals surface area contributed by atoms with E-state index in [1.165, 1.54) is 28.8 Å². The molecule has 0 aliphatic rings. The van der Waals surface area contributed by atoms with Gasteiger partial charge in [0.05, 0.1) is 26.7 Å². The number of nitrogens with zero attached hydrogens (tertiary/aromatic N) is 4. The van der Waals surface area contributed by atoms with Crippen LogP contribution in [0.15, 0.2) is 87.9 Å². The summed E-state index contributed by atoms with van der Waals surface area (Å²) < 4.78 is 68.8. The van der Waals surface area contributed by atoms with Crippen molar-refractivity contribution in [2.24, 2.45) is 17.3 Å². The molecular formula is C24H18ClF3N4O4S. The number of alkyl halides is 3. The molecule has 0 aliphatic carbocycles. The molecule has 0 aliphatic heterocycles. The lowest BCUT2D eigenvalue weighted by Crippen LogP contribution is -2.35. The maximum Gasteiger partial charge on any atom is 0.416 e. The fraction of sp³-hybridized carbons (Fsp3) is 0.125. The van der Waals surface area contributed by atoms with Gasteiger partial charge in [-0.25, -0.2) is 8.42 Å². The molecule has 0 unspecified atom stereocenters. The van der Waals surface area contributed by atoms with Crippen LogP contribution in [0.4, 0.5) is 24.5 Å². The van der Waals surface area contributed by atoms with Gasteiger partial charge in [-0.3, -0.25) is 9.10 Å². The van der Waals surface area contributed by atoms with Crippen molar-refractivity contribution in [1.29, 1.82) is 0 Å². The van der Waals surface area contributed by atoms with E-state index >= 15 is 0 Å². The van der Waals surface area contributed by atoms with Crippen LogP contribution >= 0.6 is 11.6 Å². The Kier molecular flexibility index (Phi) is 6.98. The van der Waals surface area contributed by atoms with Gasteiger partial charge >= 0.3 is 6.18 Å². The molecule has 4 aromatic rings. The number of hydrogen-bond donors (Lipinski definition) is 1. The third kappa shape index (κ3) is 5.16. The zero-order valence-electron chi connectivity index (χ0n) is 19.0. The number of amides is 1. The minimum absolute atomic E-state index is 0.0268. The molecule has 1 heterocycles. The summed E-state index contributed by atoms with van der Waals surface area (Å²) in [6, 6.07) is 15.8. The number of sulfonamides is 1. The highest BCUT2D eigenvalue weighted by Crippen LogP contribution is 2.39. The summed E-state index contributed by atoms with van der Waals surface area (Å²) in [6.45, 7) is -1.01. The van der Waals surface area contributed by atoms with E-state index in [-0.39, 0.29) is 21.5 Å². The van der Waals surface area contributed by atoms with Gasteiger partial charge < -0.3 is 9.67 Å². The van der Waals surface area contributed by atoms with Gasteiger partial charge in [-0.15, -0.1) is 10.2 Å². The SMILES string of the molecule is Cn1c(O)c(N=NC(=O)CN(c2cc(C(F)(F)F)ccc2Cl)S(=O)(=O)c2ccccc2)c2ccccc21. The molecule has 0 spiro atoms. The first-order valence-electron chi connectivity index (χ1n) is 10.6. The normalized spacial score (nSPS) is 12.4. The zero-order valence-corrected chi connectivity index (χ0v) is 20.6. The van der Waals surface area contributed by atoms with Crippen LogP contribution in [0.25, 0.3) is 10.9 Å². The van der Waals surface area contributed by atoms with Crippen LogP contribution in [-0.4, -0.2) is 30.5 Å². The van der Waals surface area contributed by atoms with Crippen molar-refractivity contribution in [2.45, 2.75) is 11.1 Å². The summed E-state index contributed by atoms with van der Waals surface area (Å²) in [6.07, 6.45) is -4.79. The van der Waals surface area contributed by atoms with E-state index in [1.807, 2.05) is 0 Å². The lowest BCUT2D eigenvalue weighted by molar-refractivity contribution is -0.137. The topological polar surface area (TPSA) is 104 Å². The Labute approximate surface area is 214 Å². The van der Waals surface area contributed by atoms with Gasteiger partial charge in [0.2, 0.25) is 5.88 Å². The van der Waals surface area contributed by atoms with E-state index in [4.69, 9.17) is 11.6 Å². The molecule has 37 heavy (non-hydrogen) atoms. The molecule has 13 heteroatoms. The molecule has 3 aromatic carbocycles. The van der Waals surface area contributed by atoms with Crippen molar-refractivity contribution in [3.05, 3.63) is 83.4 Å².